The molecule has 3 aromatic rings. The maximum atomic E-state index is 14.0. The third-order valence-electron chi connectivity index (χ3n) is 13.8. The number of benzene rings is 2. The standard InChI is InChI=1S/C46H60N8O10S/c1-27-26-52(41(57)24-29-6-4-28(5-7-29)22-31-10-15-35-38(23-31)51(2)46(62)54(35)37-17-19-40(56)50-44(37)60)21-20-32-11-16-36(53(32)45(27)61)43(59)49-34(14-18-39(47)55)42(58)48-25-30-8-12-33(13-9-30)65(3,63)64/h8-10,12-13,15,23,27-29,32,34,36-37H,4-7,11,14,16-22,24-26H2,1-3H3,(H2,47,55)(H,48,58)(H,49,59)(H,50,56,60)/t27-,28-,29+,32+,34-,36-,37?/m0/s1. The first kappa shape index (κ1) is 47.1. The summed E-state index contributed by atoms with van der Waals surface area (Å²) in [5, 5.41) is 7.86. The molecule has 7 amide bonds. The quantitative estimate of drug-likeness (QED) is 0.171. The number of nitrogens with two attached hydrogens (primary N) is 1. The summed E-state index contributed by atoms with van der Waals surface area (Å²) in [7, 11) is -1.70. The Labute approximate surface area is 377 Å². The zero-order valence-corrected chi connectivity index (χ0v) is 38.1. The molecule has 7 rings (SSSR count). The van der Waals surface area contributed by atoms with E-state index in [1.807, 2.05) is 18.2 Å². The van der Waals surface area contributed by atoms with E-state index in [2.05, 4.69) is 16.0 Å². The minimum absolute atomic E-state index is 0.0235. The number of carbonyl (C=O) groups excluding carboxylic acids is 7. The number of rotatable bonds is 14. The Morgan fingerprint density at radius 1 is 0.877 bits per heavy atom. The van der Waals surface area contributed by atoms with Gasteiger partial charge in [-0.25, -0.2) is 13.2 Å². The molecule has 18 nitrogen and oxygen atoms in total. The van der Waals surface area contributed by atoms with Crippen LogP contribution in [0.25, 0.3) is 11.0 Å². The Bertz CT molecular complexity index is 2530. The highest BCUT2D eigenvalue weighted by atomic mass is 32.2. The van der Waals surface area contributed by atoms with Crippen molar-refractivity contribution >= 4 is 62.2 Å². The van der Waals surface area contributed by atoms with Crippen LogP contribution in [0, 0.1) is 17.8 Å². The lowest BCUT2D eigenvalue weighted by molar-refractivity contribution is -0.147. The van der Waals surface area contributed by atoms with E-state index in [0.29, 0.717) is 49.2 Å². The first-order valence-electron chi connectivity index (χ1n) is 22.7. The molecule has 1 aromatic heterocycles. The van der Waals surface area contributed by atoms with E-state index in [4.69, 9.17) is 5.73 Å². The number of sulfone groups is 1. The molecule has 19 heteroatoms. The molecule has 1 saturated carbocycles. The molecule has 5 N–H and O–H groups in total. The van der Waals surface area contributed by atoms with Crippen molar-refractivity contribution in [1.29, 1.82) is 0 Å². The van der Waals surface area contributed by atoms with Crippen LogP contribution < -0.4 is 27.4 Å². The fourth-order valence-corrected chi connectivity index (χ4v) is 10.8. The lowest BCUT2D eigenvalue weighted by atomic mass is 9.78. The molecule has 350 valence electrons. The van der Waals surface area contributed by atoms with Crippen LogP contribution in [0.15, 0.2) is 52.2 Å². The predicted octanol–water partition coefficient (Wildman–Crippen LogP) is 1.75. The number of carbonyl (C=O) groups is 7. The fourth-order valence-electron chi connectivity index (χ4n) is 10.1. The van der Waals surface area contributed by atoms with Crippen molar-refractivity contribution in [2.75, 3.05) is 19.3 Å². The summed E-state index contributed by atoms with van der Waals surface area (Å²) >= 11 is 0. The van der Waals surface area contributed by atoms with Gasteiger partial charge in [0.2, 0.25) is 41.4 Å². The average molecular weight is 917 g/mol. The van der Waals surface area contributed by atoms with Gasteiger partial charge in [0.25, 0.3) is 0 Å². The smallest absolute Gasteiger partial charge is 0.329 e. The number of primary amides is 1. The summed E-state index contributed by atoms with van der Waals surface area (Å²) in [5.74, 6) is -2.64. The molecule has 3 aliphatic heterocycles. The van der Waals surface area contributed by atoms with E-state index < -0.39 is 57.5 Å². The average Bonchev–Trinajstić information content (AvgIpc) is 3.79. The van der Waals surface area contributed by atoms with Crippen LogP contribution in [0.3, 0.4) is 0 Å². The SMILES string of the molecule is C[C@H]1CN(C(=O)C[C@H]2CC[C@@H](Cc3ccc4c(c3)n(C)c(=O)n4C3CCC(=O)NC3=O)CC2)CC[C@H]2CC[C@@H](C(=O)N[C@@H](CCC(N)=O)C(=O)NCc3ccc(S(C)(=O)=O)cc3)N2C1=O. The summed E-state index contributed by atoms with van der Waals surface area (Å²) in [6, 6.07) is 9.00. The molecule has 5 atom stereocenters. The van der Waals surface area contributed by atoms with Crippen LogP contribution in [0.4, 0.5) is 0 Å². The number of fused-ring (bicyclic) bond motifs is 2. The fraction of sp³-hybridized carbons (Fsp3) is 0.565. The summed E-state index contributed by atoms with van der Waals surface area (Å²) in [4.78, 5) is 108. The van der Waals surface area contributed by atoms with Gasteiger partial charge in [0.05, 0.1) is 21.8 Å². The number of imidazole rings is 1. The third-order valence-corrected chi connectivity index (χ3v) is 14.9. The van der Waals surface area contributed by atoms with Crippen molar-refractivity contribution in [1.82, 2.24) is 34.9 Å². The Balaban J connectivity index is 0.901. The Hall–Kier alpha value is -5.85. The maximum Gasteiger partial charge on any atom is 0.329 e. The van der Waals surface area contributed by atoms with Gasteiger partial charge in [-0.1, -0.05) is 25.1 Å². The second-order valence-corrected chi connectivity index (χ2v) is 20.5. The minimum atomic E-state index is -3.39. The number of piperidine rings is 1. The van der Waals surface area contributed by atoms with Crippen LogP contribution in [0.1, 0.15) is 101 Å². The molecule has 0 radical (unpaired) electrons. The van der Waals surface area contributed by atoms with Crippen molar-refractivity contribution < 1.29 is 42.0 Å². The van der Waals surface area contributed by atoms with Gasteiger partial charge in [0, 0.05) is 58.2 Å². The molecule has 3 saturated heterocycles. The van der Waals surface area contributed by atoms with E-state index in [0.717, 1.165) is 49.4 Å². The molecule has 4 heterocycles. The van der Waals surface area contributed by atoms with Crippen molar-refractivity contribution in [2.24, 2.45) is 30.5 Å². The molecule has 65 heavy (non-hydrogen) atoms. The van der Waals surface area contributed by atoms with Crippen LogP contribution in [-0.4, -0.2) is 106 Å². The van der Waals surface area contributed by atoms with E-state index in [1.165, 1.54) is 16.7 Å². The van der Waals surface area contributed by atoms with Crippen LogP contribution in [0.2, 0.25) is 0 Å². The van der Waals surface area contributed by atoms with Gasteiger partial charge >= 0.3 is 5.69 Å². The molecular weight excluding hydrogens is 857 g/mol. The second-order valence-electron chi connectivity index (χ2n) is 18.5. The zero-order valence-electron chi connectivity index (χ0n) is 37.3. The molecule has 0 spiro atoms. The first-order chi connectivity index (χ1) is 30.9. The van der Waals surface area contributed by atoms with Gasteiger partial charge in [-0.05, 0) is 111 Å². The summed E-state index contributed by atoms with van der Waals surface area (Å²) in [6.07, 6.45) is 7.71. The van der Waals surface area contributed by atoms with Crippen LogP contribution in [0.5, 0.6) is 0 Å². The number of aryl methyl sites for hydroxylation is 1. The topological polar surface area (TPSA) is 249 Å². The van der Waals surface area contributed by atoms with E-state index in [9.17, 15) is 46.8 Å². The monoisotopic (exact) mass is 916 g/mol. The molecule has 1 unspecified atom stereocenters. The predicted molar refractivity (Wildman–Crippen MR) is 238 cm³/mol. The van der Waals surface area contributed by atoms with Crippen molar-refractivity contribution in [3.05, 3.63) is 64.1 Å². The molecule has 4 fully saturated rings. The number of imide groups is 1. The highest BCUT2D eigenvalue weighted by Crippen LogP contribution is 2.35. The Kier molecular flexibility index (Phi) is 14.3. The second kappa shape index (κ2) is 19.7. The third kappa shape index (κ3) is 10.8. The van der Waals surface area contributed by atoms with Crippen molar-refractivity contribution in [3.63, 3.8) is 0 Å². The van der Waals surface area contributed by atoms with Gasteiger partial charge in [0.1, 0.15) is 18.1 Å². The van der Waals surface area contributed by atoms with Crippen LogP contribution in [-0.2, 0) is 63.4 Å². The molecule has 4 aliphatic rings. The van der Waals surface area contributed by atoms with E-state index in [-0.39, 0.29) is 79.0 Å². The highest BCUT2D eigenvalue weighted by Gasteiger charge is 2.45. The number of amides is 7. The lowest BCUT2D eigenvalue weighted by Crippen LogP contribution is -2.57. The van der Waals surface area contributed by atoms with Gasteiger partial charge < -0.3 is 26.2 Å². The summed E-state index contributed by atoms with van der Waals surface area (Å²) in [6.45, 7) is 2.50. The van der Waals surface area contributed by atoms with Gasteiger partial charge in [-0.3, -0.25) is 48.0 Å². The van der Waals surface area contributed by atoms with Gasteiger partial charge in [0.15, 0.2) is 9.84 Å². The van der Waals surface area contributed by atoms with Gasteiger partial charge in [-0.15, -0.1) is 0 Å². The number of aromatic nitrogens is 2. The number of nitrogens with one attached hydrogen (secondary N) is 3. The summed E-state index contributed by atoms with van der Waals surface area (Å²) < 4.78 is 26.7. The Morgan fingerprint density at radius 3 is 2.25 bits per heavy atom. The molecule has 1 aliphatic carbocycles. The highest BCUT2D eigenvalue weighted by molar-refractivity contribution is 7.90. The molecular formula is C46H60N8O10S. The number of hydrogen-bond acceptors (Lipinski definition) is 10. The zero-order chi connectivity index (χ0) is 46.7. The van der Waals surface area contributed by atoms with E-state index >= 15 is 0 Å². The Morgan fingerprint density at radius 2 is 1.57 bits per heavy atom. The number of nitrogens with zero attached hydrogens (tertiary/aromatic N) is 4. The van der Waals surface area contributed by atoms with Crippen molar-refractivity contribution in [2.45, 2.75) is 126 Å². The summed E-state index contributed by atoms with van der Waals surface area (Å²) in [5.41, 5.74) is 8.20. The normalized spacial score (nSPS) is 24.4. The van der Waals surface area contributed by atoms with Crippen LogP contribution >= 0.6 is 0 Å². The number of hydrogen-bond donors (Lipinski definition) is 4. The largest absolute Gasteiger partial charge is 0.370 e. The molecule has 2 aromatic carbocycles. The minimum Gasteiger partial charge on any atom is -0.370 e. The van der Waals surface area contributed by atoms with E-state index in [1.54, 1.807) is 40.5 Å². The molecule has 0 bridgehead atoms. The lowest BCUT2D eigenvalue weighted by Gasteiger charge is -2.38. The maximum absolute atomic E-state index is 14.0. The van der Waals surface area contributed by atoms with Crippen molar-refractivity contribution in [3.8, 4) is 0 Å². The van der Waals surface area contributed by atoms with Gasteiger partial charge in [-0.2, -0.15) is 0 Å². The first-order valence-corrected chi connectivity index (χ1v) is 24.6.